The van der Waals surface area contributed by atoms with Crippen LogP contribution in [0, 0.1) is 0 Å². The van der Waals surface area contributed by atoms with Gasteiger partial charge >= 0.3 is 0 Å². The van der Waals surface area contributed by atoms with Gasteiger partial charge in [0.15, 0.2) is 5.76 Å². The van der Waals surface area contributed by atoms with Gasteiger partial charge in [-0.25, -0.2) is 0 Å². The van der Waals surface area contributed by atoms with E-state index >= 15 is 0 Å². The molecule has 0 aromatic heterocycles. The fourth-order valence-electron chi connectivity index (χ4n) is 3.52. The molecule has 0 fully saturated rings. The van der Waals surface area contributed by atoms with Crippen molar-refractivity contribution in [2.45, 2.75) is 12.6 Å². The summed E-state index contributed by atoms with van der Waals surface area (Å²) in [5.41, 5.74) is 3.04. The first-order valence-corrected chi connectivity index (χ1v) is 10.1. The average molecular weight is 445 g/mol. The molecule has 3 aromatic rings. The van der Waals surface area contributed by atoms with Gasteiger partial charge in [-0.15, -0.1) is 0 Å². The number of rotatable bonds is 4. The van der Waals surface area contributed by atoms with Gasteiger partial charge in [-0.1, -0.05) is 71.2 Å². The molecule has 0 radical (unpaired) electrons. The van der Waals surface area contributed by atoms with E-state index in [9.17, 15) is 9.90 Å². The van der Waals surface area contributed by atoms with E-state index in [1.54, 1.807) is 53.4 Å². The summed E-state index contributed by atoms with van der Waals surface area (Å²) in [7, 11) is 0. The summed E-state index contributed by atoms with van der Waals surface area (Å²) in [6, 6.07) is 21.2. The van der Waals surface area contributed by atoms with Gasteiger partial charge < -0.3 is 10.0 Å². The molecule has 3 aromatic carbocycles. The lowest BCUT2D eigenvalue weighted by atomic mass is 9.93. The van der Waals surface area contributed by atoms with Crippen LogP contribution in [0.15, 0.2) is 78.6 Å². The first-order valence-electron chi connectivity index (χ1n) is 8.94. The van der Waals surface area contributed by atoms with Gasteiger partial charge in [-0.05, 0) is 53.1 Å². The third-order valence-corrected chi connectivity index (χ3v) is 5.67. The van der Waals surface area contributed by atoms with Gasteiger partial charge in [0.25, 0.3) is 5.91 Å². The molecule has 1 heterocycles. The topological polar surface area (TPSA) is 40.5 Å². The Morgan fingerprint density at radius 1 is 0.759 bits per heavy atom. The highest BCUT2D eigenvalue weighted by molar-refractivity contribution is 6.31. The number of nitrogens with zero attached hydrogens (tertiary/aromatic N) is 1. The number of carbonyl (C=O) groups is 1. The minimum Gasteiger partial charge on any atom is -0.503 e. The molecule has 146 valence electrons. The van der Waals surface area contributed by atoms with Gasteiger partial charge in [0.1, 0.15) is 0 Å². The number of carbonyl (C=O) groups excluding carboxylic acids is 1. The first-order chi connectivity index (χ1) is 13.9. The molecular formula is C23H16Cl3NO2. The number of aliphatic hydroxyl groups excluding tert-OH is 1. The highest BCUT2D eigenvalue weighted by Gasteiger charge is 2.40. The third-order valence-electron chi connectivity index (χ3n) is 4.91. The van der Waals surface area contributed by atoms with Crippen molar-refractivity contribution in [1.82, 2.24) is 4.90 Å². The molecule has 1 aliphatic rings. The highest BCUT2D eigenvalue weighted by atomic mass is 35.5. The van der Waals surface area contributed by atoms with E-state index in [0.29, 0.717) is 27.2 Å². The summed E-state index contributed by atoms with van der Waals surface area (Å²) in [6.07, 6.45) is 0. The SMILES string of the molecule is O=C1C(O)=C(c2ccc(Cl)cc2)[C@H](c2ccc(Cl)cc2)N1Cc1ccc(Cl)cc1. The second kappa shape index (κ2) is 8.11. The van der Waals surface area contributed by atoms with E-state index in [4.69, 9.17) is 34.8 Å². The summed E-state index contributed by atoms with van der Waals surface area (Å²) < 4.78 is 0. The van der Waals surface area contributed by atoms with Crippen LogP contribution in [0.4, 0.5) is 0 Å². The Morgan fingerprint density at radius 3 is 1.79 bits per heavy atom. The minimum atomic E-state index is -0.461. The molecule has 1 aliphatic heterocycles. The number of hydrogen-bond acceptors (Lipinski definition) is 2. The van der Waals surface area contributed by atoms with E-state index in [-0.39, 0.29) is 5.76 Å². The Morgan fingerprint density at radius 2 is 1.24 bits per heavy atom. The fourth-order valence-corrected chi connectivity index (χ4v) is 3.90. The second-order valence-corrected chi connectivity index (χ2v) is 8.09. The molecule has 0 spiro atoms. The minimum absolute atomic E-state index is 0.263. The standard InChI is InChI=1S/C23H16Cl3NO2/c24-17-7-1-14(2-8-17)13-27-21(16-5-11-19(26)12-6-16)20(22(28)23(27)29)15-3-9-18(25)10-4-15/h1-12,21,28H,13H2/t21-/m0/s1. The van der Waals surface area contributed by atoms with E-state index in [0.717, 1.165) is 16.7 Å². The van der Waals surface area contributed by atoms with Gasteiger partial charge in [0.2, 0.25) is 0 Å². The molecule has 0 saturated carbocycles. The lowest BCUT2D eigenvalue weighted by Gasteiger charge is -2.27. The summed E-state index contributed by atoms with van der Waals surface area (Å²) in [5.74, 6) is -0.689. The highest BCUT2D eigenvalue weighted by Crippen LogP contribution is 2.44. The van der Waals surface area contributed by atoms with Crippen LogP contribution in [-0.4, -0.2) is 15.9 Å². The molecule has 0 aliphatic carbocycles. The summed E-state index contributed by atoms with van der Waals surface area (Å²) in [5, 5.41) is 12.6. The maximum Gasteiger partial charge on any atom is 0.290 e. The lowest BCUT2D eigenvalue weighted by molar-refractivity contribution is -0.130. The Labute approximate surface area is 183 Å². The van der Waals surface area contributed by atoms with Crippen molar-refractivity contribution in [3.05, 3.63) is 110 Å². The maximum atomic E-state index is 13.0. The van der Waals surface area contributed by atoms with E-state index < -0.39 is 11.9 Å². The predicted octanol–water partition coefficient (Wildman–Crippen LogP) is 6.70. The van der Waals surface area contributed by atoms with Gasteiger partial charge in [-0.3, -0.25) is 4.79 Å². The number of halogens is 3. The van der Waals surface area contributed by atoms with Crippen LogP contribution in [0.2, 0.25) is 15.1 Å². The largest absolute Gasteiger partial charge is 0.503 e. The Bertz CT molecular complexity index is 1070. The zero-order valence-electron chi connectivity index (χ0n) is 15.1. The maximum absolute atomic E-state index is 13.0. The number of aliphatic hydroxyl groups is 1. The van der Waals surface area contributed by atoms with Crippen molar-refractivity contribution in [3.63, 3.8) is 0 Å². The molecule has 0 saturated heterocycles. The van der Waals surface area contributed by atoms with Gasteiger partial charge in [0.05, 0.1) is 6.04 Å². The Balaban J connectivity index is 1.80. The van der Waals surface area contributed by atoms with Gasteiger partial charge in [0, 0.05) is 27.2 Å². The molecule has 29 heavy (non-hydrogen) atoms. The molecule has 0 unspecified atom stereocenters. The van der Waals surface area contributed by atoms with Crippen LogP contribution in [-0.2, 0) is 11.3 Å². The molecule has 1 atom stereocenters. The first kappa shape index (κ1) is 19.8. The molecule has 3 nitrogen and oxygen atoms in total. The molecule has 6 heteroatoms. The van der Waals surface area contributed by atoms with E-state index in [2.05, 4.69) is 0 Å². The molecular weight excluding hydrogens is 429 g/mol. The van der Waals surface area contributed by atoms with Crippen LogP contribution in [0.3, 0.4) is 0 Å². The molecule has 4 rings (SSSR count). The van der Waals surface area contributed by atoms with Gasteiger partial charge in [-0.2, -0.15) is 0 Å². The van der Waals surface area contributed by atoms with Crippen LogP contribution in [0.5, 0.6) is 0 Å². The van der Waals surface area contributed by atoms with Crippen molar-refractivity contribution in [2.24, 2.45) is 0 Å². The van der Waals surface area contributed by atoms with Crippen molar-refractivity contribution in [3.8, 4) is 0 Å². The average Bonchev–Trinajstić information content (AvgIpc) is 2.96. The predicted molar refractivity (Wildman–Crippen MR) is 117 cm³/mol. The lowest BCUT2D eigenvalue weighted by Crippen LogP contribution is -2.29. The second-order valence-electron chi connectivity index (χ2n) is 6.78. The zero-order chi connectivity index (χ0) is 20.5. The Hall–Kier alpha value is -2.46. The third kappa shape index (κ3) is 3.99. The van der Waals surface area contributed by atoms with Crippen LogP contribution in [0.25, 0.3) is 5.57 Å². The van der Waals surface area contributed by atoms with Crippen LogP contribution < -0.4 is 0 Å². The fraction of sp³-hybridized carbons (Fsp3) is 0.0870. The number of hydrogen-bond donors (Lipinski definition) is 1. The van der Waals surface area contributed by atoms with Crippen molar-refractivity contribution < 1.29 is 9.90 Å². The van der Waals surface area contributed by atoms with E-state index in [1.807, 2.05) is 24.3 Å². The molecule has 1 N–H and O–H groups in total. The molecule has 1 amide bonds. The smallest absolute Gasteiger partial charge is 0.290 e. The van der Waals surface area contributed by atoms with Crippen molar-refractivity contribution >= 4 is 46.3 Å². The quantitative estimate of drug-likeness (QED) is 0.486. The monoisotopic (exact) mass is 443 g/mol. The van der Waals surface area contributed by atoms with E-state index in [1.165, 1.54) is 0 Å². The normalized spacial score (nSPS) is 16.6. The van der Waals surface area contributed by atoms with Crippen molar-refractivity contribution in [1.29, 1.82) is 0 Å². The van der Waals surface area contributed by atoms with Crippen LogP contribution in [0.1, 0.15) is 22.7 Å². The summed E-state index contributed by atoms with van der Waals surface area (Å²) >= 11 is 18.1. The Kier molecular flexibility index (Phi) is 5.55. The summed E-state index contributed by atoms with van der Waals surface area (Å²) in [4.78, 5) is 14.7. The van der Waals surface area contributed by atoms with Crippen LogP contribution >= 0.6 is 34.8 Å². The molecule has 0 bridgehead atoms. The zero-order valence-corrected chi connectivity index (χ0v) is 17.4. The number of benzene rings is 3. The summed E-state index contributed by atoms with van der Waals surface area (Å²) in [6.45, 7) is 0.324. The number of amides is 1. The van der Waals surface area contributed by atoms with Crippen molar-refractivity contribution in [2.75, 3.05) is 0 Å².